The molecule has 3 nitrogen and oxygen atoms in total. The molecule has 5 heteroatoms. The van der Waals surface area contributed by atoms with Crippen LogP contribution in [-0.4, -0.2) is 35.1 Å². The highest BCUT2D eigenvalue weighted by atomic mass is 35.5. The van der Waals surface area contributed by atoms with Gasteiger partial charge in [0, 0.05) is 13.1 Å². The van der Waals surface area contributed by atoms with Crippen molar-refractivity contribution in [3.63, 3.8) is 0 Å². The predicted octanol–water partition coefficient (Wildman–Crippen LogP) is 3.24. The highest BCUT2D eigenvalue weighted by Crippen LogP contribution is 2.26. The summed E-state index contributed by atoms with van der Waals surface area (Å²) in [5, 5.41) is 10.1. The number of hydrogen-bond acceptors (Lipinski definition) is 2. The molecule has 0 aliphatic rings. The number of carbonyl (C=O) groups is 1. The van der Waals surface area contributed by atoms with Crippen LogP contribution in [0.25, 0.3) is 6.08 Å². The van der Waals surface area contributed by atoms with Gasteiger partial charge in [-0.15, -0.1) is 0 Å². The molecule has 1 aromatic carbocycles. The molecule has 0 aliphatic heterocycles. The summed E-state index contributed by atoms with van der Waals surface area (Å²) in [4.78, 5) is 13.4. The summed E-state index contributed by atoms with van der Waals surface area (Å²) in [6.07, 6.45) is 3.02. The second-order valence-electron chi connectivity index (χ2n) is 4.84. The molecule has 0 saturated carbocycles. The van der Waals surface area contributed by atoms with Gasteiger partial charge in [-0.2, -0.15) is 0 Å². The van der Waals surface area contributed by atoms with Gasteiger partial charge in [-0.05, 0) is 31.6 Å². The van der Waals surface area contributed by atoms with Crippen molar-refractivity contribution in [3.8, 4) is 0 Å². The summed E-state index contributed by atoms with van der Waals surface area (Å²) < 4.78 is 0. The number of halogens is 2. The third-order valence-electron chi connectivity index (χ3n) is 3.01. The molecule has 1 N–H and O–H groups in total. The predicted molar refractivity (Wildman–Crippen MR) is 79.4 cm³/mol. The van der Waals surface area contributed by atoms with Gasteiger partial charge in [-0.1, -0.05) is 35.3 Å². The first kappa shape index (κ1) is 16.0. The molecular formula is C14H17Cl2NO2. The highest BCUT2D eigenvalue weighted by molar-refractivity contribution is 6.42. The zero-order chi connectivity index (χ0) is 14.6. The maximum atomic E-state index is 12.0. The Bertz CT molecular complexity index is 498. The number of amides is 1. The van der Waals surface area contributed by atoms with E-state index >= 15 is 0 Å². The summed E-state index contributed by atoms with van der Waals surface area (Å²) in [5.74, 6) is -0.213. The van der Waals surface area contributed by atoms with E-state index in [4.69, 9.17) is 23.2 Å². The summed E-state index contributed by atoms with van der Waals surface area (Å²) in [7, 11) is 1.64. The fourth-order valence-electron chi connectivity index (χ4n) is 1.33. The molecule has 104 valence electrons. The average Bonchev–Trinajstić information content (AvgIpc) is 2.39. The van der Waals surface area contributed by atoms with E-state index in [0.717, 1.165) is 0 Å². The molecule has 0 radical (unpaired) electrons. The Morgan fingerprint density at radius 3 is 2.63 bits per heavy atom. The second kappa shape index (κ2) is 6.42. The van der Waals surface area contributed by atoms with Crippen LogP contribution in [0, 0.1) is 0 Å². The summed E-state index contributed by atoms with van der Waals surface area (Å²) in [6, 6.07) is 5.22. The molecule has 19 heavy (non-hydrogen) atoms. The minimum absolute atomic E-state index is 0.110. The standard InChI is InChI=1S/C14H17Cl2NO2/c1-14(2,9-18)17(3)12(19)8-7-10-5-4-6-11(15)13(10)16/h4-8,18H,9H2,1-3H3/b8-7+. The van der Waals surface area contributed by atoms with E-state index in [-0.39, 0.29) is 12.5 Å². The molecule has 1 rings (SSSR count). The molecule has 0 spiro atoms. The van der Waals surface area contributed by atoms with Gasteiger partial charge in [0.05, 0.1) is 22.2 Å². The lowest BCUT2D eigenvalue weighted by Crippen LogP contribution is -2.47. The van der Waals surface area contributed by atoms with Crippen LogP contribution < -0.4 is 0 Å². The van der Waals surface area contributed by atoms with Crippen LogP contribution >= 0.6 is 23.2 Å². The Morgan fingerprint density at radius 1 is 1.42 bits per heavy atom. The number of hydrogen-bond donors (Lipinski definition) is 1. The molecule has 0 atom stereocenters. The Balaban J connectivity index is 2.88. The van der Waals surface area contributed by atoms with Gasteiger partial charge >= 0.3 is 0 Å². The number of likely N-dealkylation sites (N-methyl/N-ethyl adjacent to an activating group) is 1. The van der Waals surface area contributed by atoms with Crippen molar-refractivity contribution in [1.82, 2.24) is 4.90 Å². The van der Waals surface area contributed by atoms with Crippen molar-refractivity contribution in [2.75, 3.05) is 13.7 Å². The van der Waals surface area contributed by atoms with Gasteiger partial charge < -0.3 is 10.0 Å². The van der Waals surface area contributed by atoms with Crippen molar-refractivity contribution in [1.29, 1.82) is 0 Å². The number of aliphatic hydroxyl groups excluding tert-OH is 1. The molecule has 0 fully saturated rings. The monoisotopic (exact) mass is 301 g/mol. The zero-order valence-electron chi connectivity index (χ0n) is 11.2. The first-order valence-electron chi connectivity index (χ1n) is 5.80. The van der Waals surface area contributed by atoms with E-state index in [1.165, 1.54) is 11.0 Å². The number of benzene rings is 1. The number of aliphatic hydroxyl groups is 1. The van der Waals surface area contributed by atoms with Gasteiger partial charge in [0.2, 0.25) is 5.91 Å². The lowest BCUT2D eigenvalue weighted by Gasteiger charge is -2.33. The third kappa shape index (κ3) is 3.96. The van der Waals surface area contributed by atoms with E-state index in [1.807, 2.05) is 0 Å². The Morgan fingerprint density at radius 2 is 2.05 bits per heavy atom. The normalized spacial score (nSPS) is 11.9. The molecule has 0 saturated heterocycles. The average molecular weight is 302 g/mol. The Kier molecular flexibility index (Phi) is 5.41. The molecule has 0 unspecified atom stereocenters. The first-order chi connectivity index (χ1) is 8.79. The van der Waals surface area contributed by atoms with Crippen LogP contribution in [0.15, 0.2) is 24.3 Å². The van der Waals surface area contributed by atoms with Crippen molar-refractivity contribution < 1.29 is 9.90 Å². The summed E-state index contributed by atoms with van der Waals surface area (Å²) in [6.45, 7) is 3.46. The third-order valence-corrected chi connectivity index (χ3v) is 3.85. The maximum absolute atomic E-state index is 12.0. The molecule has 0 aromatic heterocycles. The lowest BCUT2D eigenvalue weighted by atomic mass is 10.1. The van der Waals surface area contributed by atoms with Crippen molar-refractivity contribution >= 4 is 35.2 Å². The van der Waals surface area contributed by atoms with Crippen LogP contribution in [0.4, 0.5) is 0 Å². The molecule has 1 aromatic rings. The van der Waals surface area contributed by atoms with Gasteiger partial charge in [0.15, 0.2) is 0 Å². The number of nitrogens with zero attached hydrogens (tertiary/aromatic N) is 1. The van der Waals surface area contributed by atoms with E-state index in [0.29, 0.717) is 15.6 Å². The largest absolute Gasteiger partial charge is 0.394 e. The van der Waals surface area contributed by atoms with Gasteiger partial charge in [0.25, 0.3) is 0 Å². The van der Waals surface area contributed by atoms with Crippen LogP contribution in [0.3, 0.4) is 0 Å². The Hall–Kier alpha value is -1.03. The summed E-state index contributed by atoms with van der Waals surface area (Å²) >= 11 is 11.9. The quantitative estimate of drug-likeness (QED) is 0.867. The van der Waals surface area contributed by atoms with Crippen LogP contribution in [0.1, 0.15) is 19.4 Å². The van der Waals surface area contributed by atoms with Crippen molar-refractivity contribution in [3.05, 3.63) is 39.9 Å². The summed E-state index contributed by atoms with van der Waals surface area (Å²) in [5.41, 5.74) is 0.0669. The minimum atomic E-state index is -0.612. The SMILES string of the molecule is CN(C(=O)/C=C/c1cccc(Cl)c1Cl)C(C)(C)CO. The van der Waals surface area contributed by atoms with Crippen molar-refractivity contribution in [2.45, 2.75) is 19.4 Å². The zero-order valence-corrected chi connectivity index (χ0v) is 12.7. The molecule has 0 aliphatic carbocycles. The second-order valence-corrected chi connectivity index (χ2v) is 5.63. The molecular weight excluding hydrogens is 285 g/mol. The minimum Gasteiger partial charge on any atom is -0.394 e. The topological polar surface area (TPSA) is 40.5 Å². The fourth-order valence-corrected chi connectivity index (χ4v) is 1.70. The smallest absolute Gasteiger partial charge is 0.246 e. The van der Waals surface area contributed by atoms with Crippen LogP contribution in [0.5, 0.6) is 0 Å². The molecule has 0 bridgehead atoms. The maximum Gasteiger partial charge on any atom is 0.246 e. The lowest BCUT2D eigenvalue weighted by molar-refractivity contribution is -0.130. The van der Waals surface area contributed by atoms with E-state index in [2.05, 4.69) is 0 Å². The number of carbonyl (C=O) groups excluding carboxylic acids is 1. The molecule has 1 amide bonds. The fraction of sp³-hybridized carbons (Fsp3) is 0.357. The van der Waals surface area contributed by atoms with Gasteiger partial charge in [-0.3, -0.25) is 4.79 Å². The van der Waals surface area contributed by atoms with Gasteiger partial charge in [-0.25, -0.2) is 0 Å². The Labute approximate surface area is 123 Å². The van der Waals surface area contributed by atoms with Crippen LogP contribution in [-0.2, 0) is 4.79 Å². The highest BCUT2D eigenvalue weighted by Gasteiger charge is 2.25. The van der Waals surface area contributed by atoms with E-state index in [9.17, 15) is 9.90 Å². The molecule has 0 heterocycles. The van der Waals surface area contributed by atoms with Crippen molar-refractivity contribution in [2.24, 2.45) is 0 Å². The van der Waals surface area contributed by atoms with Crippen LogP contribution in [0.2, 0.25) is 10.0 Å². The van der Waals surface area contributed by atoms with E-state index < -0.39 is 5.54 Å². The number of rotatable bonds is 4. The first-order valence-corrected chi connectivity index (χ1v) is 6.56. The van der Waals surface area contributed by atoms with Gasteiger partial charge in [0.1, 0.15) is 0 Å². The van der Waals surface area contributed by atoms with E-state index in [1.54, 1.807) is 45.2 Å².